The Balaban J connectivity index is 1.74. The fraction of sp³-hybridized carbons (Fsp3) is 0.632. The number of benzene rings is 1. The van der Waals surface area contributed by atoms with Gasteiger partial charge in [0.15, 0.2) is 0 Å². The minimum atomic E-state index is 0.153. The fourth-order valence-electron chi connectivity index (χ4n) is 3.48. The molecule has 1 amide bonds. The van der Waals surface area contributed by atoms with Crippen LogP contribution in [0.3, 0.4) is 0 Å². The van der Waals surface area contributed by atoms with E-state index in [9.17, 15) is 4.79 Å². The van der Waals surface area contributed by atoms with Crippen molar-refractivity contribution in [2.24, 2.45) is 11.8 Å². The Hall–Kier alpha value is -1.35. The summed E-state index contributed by atoms with van der Waals surface area (Å²) in [5, 5.41) is 0. The van der Waals surface area contributed by atoms with Crippen LogP contribution >= 0.6 is 0 Å². The van der Waals surface area contributed by atoms with Crippen LogP contribution in [-0.4, -0.2) is 30.6 Å². The van der Waals surface area contributed by atoms with Gasteiger partial charge in [0.2, 0.25) is 5.91 Å². The maximum Gasteiger partial charge on any atom is 0.226 e. The maximum absolute atomic E-state index is 13.1. The number of nitrogens with zero attached hydrogens (tertiary/aromatic N) is 1. The lowest BCUT2D eigenvalue weighted by Gasteiger charge is -2.38. The number of hydrogen-bond donors (Lipinski definition) is 0. The molecule has 1 aliphatic carbocycles. The summed E-state index contributed by atoms with van der Waals surface area (Å²) in [6.45, 7) is 4.55. The molecule has 2 aliphatic rings. The number of carbonyl (C=O) groups is 1. The lowest BCUT2D eigenvalue weighted by molar-refractivity contribution is -0.142. The molecule has 1 saturated heterocycles. The average molecular weight is 301 g/mol. The number of amides is 1. The van der Waals surface area contributed by atoms with E-state index in [4.69, 9.17) is 4.74 Å². The highest BCUT2D eigenvalue weighted by Crippen LogP contribution is 2.32. The predicted molar refractivity (Wildman–Crippen MR) is 87.5 cm³/mol. The second kappa shape index (κ2) is 7.28. The van der Waals surface area contributed by atoms with Crippen LogP contribution in [-0.2, 0) is 9.53 Å². The predicted octanol–water partition coefficient (Wildman–Crippen LogP) is 3.80. The van der Waals surface area contributed by atoms with Crippen LogP contribution in [0.15, 0.2) is 30.3 Å². The Morgan fingerprint density at radius 1 is 1.18 bits per heavy atom. The lowest BCUT2D eigenvalue weighted by atomic mass is 9.84. The van der Waals surface area contributed by atoms with Gasteiger partial charge in [0.25, 0.3) is 0 Å². The van der Waals surface area contributed by atoms with E-state index in [1.165, 1.54) is 24.8 Å². The molecule has 1 unspecified atom stereocenters. The smallest absolute Gasteiger partial charge is 0.226 e. The molecule has 1 heterocycles. The zero-order valence-electron chi connectivity index (χ0n) is 13.5. The molecule has 3 heteroatoms. The summed E-state index contributed by atoms with van der Waals surface area (Å²) in [5.74, 6) is 1.20. The third kappa shape index (κ3) is 3.52. The number of ether oxygens (including phenoxy) is 1. The minimum absolute atomic E-state index is 0.153. The van der Waals surface area contributed by atoms with E-state index in [0.29, 0.717) is 11.8 Å². The summed E-state index contributed by atoms with van der Waals surface area (Å²) in [4.78, 5) is 15.2. The quantitative estimate of drug-likeness (QED) is 0.828. The van der Waals surface area contributed by atoms with Crippen molar-refractivity contribution in [3.8, 4) is 0 Å². The van der Waals surface area contributed by atoms with Crippen molar-refractivity contribution >= 4 is 5.91 Å². The van der Waals surface area contributed by atoms with E-state index in [1.807, 2.05) is 6.07 Å². The Morgan fingerprint density at radius 3 is 2.45 bits per heavy atom. The Morgan fingerprint density at radius 2 is 1.86 bits per heavy atom. The third-order valence-corrected chi connectivity index (χ3v) is 5.28. The van der Waals surface area contributed by atoms with Crippen LogP contribution < -0.4 is 0 Å². The number of hydrogen-bond acceptors (Lipinski definition) is 2. The Labute approximate surface area is 133 Å². The molecule has 22 heavy (non-hydrogen) atoms. The summed E-state index contributed by atoms with van der Waals surface area (Å²) in [7, 11) is 0. The molecule has 1 saturated carbocycles. The van der Waals surface area contributed by atoms with Crippen molar-refractivity contribution in [3.05, 3.63) is 35.9 Å². The highest BCUT2D eigenvalue weighted by atomic mass is 16.5. The van der Waals surface area contributed by atoms with Gasteiger partial charge in [-0.15, -0.1) is 0 Å². The summed E-state index contributed by atoms with van der Waals surface area (Å²) in [5.41, 5.74) is 1.24. The van der Waals surface area contributed by atoms with Gasteiger partial charge in [0, 0.05) is 25.7 Å². The molecule has 0 aromatic heterocycles. The van der Waals surface area contributed by atoms with E-state index in [0.717, 1.165) is 32.6 Å². The Bertz CT molecular complexity index is 477. The van der Waals surface area contributed by atoms with Crippen LogP contribution in [0.25, 0.3) is 0 Å². The lowest BCUT2D eigenvalue weighted by Crippen LogP contribution is -2.43. The van der Waals surface area contributed by atoms with Gasteiger partial charge in [-0.25, -0.2) is 0 Å². The molecule has 0 N–H and O–H groups in total. The summed E-state index contributed by atoms with van der Waals surface area (Å²) in [6, 6.07) is 10.6. The molecule has 0 spiro atoms. The van der Waals surface area contributed by atoms with Gasteiger partial charge >= 0.3 is 0 Å². The SMILES string of the molecule is CC(c1ccccc1)N(CC1CCC1)C(=O)C1CCOCC1. The van der Waals surface area contributed by atoms with Gasteiger partial charge in [-0.05, 0) is 44.1 Å². The largest absolute Gasteiger partial charge is 0.381 e. The normalized spacial score (nSPS) is 21.1. The van der Waals surface area contributed by atoms with Crippen molar-refractivity contribution in [1.29, 1.82) is 0 Å². The van der Waals surface area contributed by atoms with Crippen LogP contribution in [0, 0.1) is 11.8 Å². The van der Waals surface area contributed by atoms with Crippen LogP contribution in [0.4, 0.5) is 0 Å². The number of carbonyl (C=O) groups excluding carboxylic acids is 1. The van der Waals surface area contributed by atoms with Crippen LogP contribution in [0.2, 0.25) is 0 Å². The van der Waals surface area contributed by atoms with Crippen molar-refractivity contribution in [2.75, 3.05) is 19.8 Å². The van der Waals surface area contributed by atoms with E-state index >= 15 is 0 Å². The molecule has 0 radical (unpaired) electrons. The standard InChI is InChI=1S/C19H27NO2/c1-15(17-8-3-2-4-9-17)20(14-16-6-5-7-16)19(21)18-10-12-22-13-11-18/h2-4,8-9,15-16,18H,5-7,10-14H2,1H3. The van der Waals surface area contributed by atoms with Gasteiger partial charge in [-0.2, -0.15) is 0 Å². The topological polar surface area (TPSA) is 29.5 Å². The monoisotopic (exact) mass is 301 g/mol. The summed E-state index contributed by atoms with van der Waals surface area (Å²) < 4.78 is 5.42. The maximum atomic E-state index is 13.1. The van der Waals surface area contributed by atoms with Crippen LogP contribution in [0.1, 0.15) is 50.6 Å². The van der Waals surface area contributed by atoms with Gasteiger partial charge < -0.3 is 9.64 Å². The zero-order chi connectivity index (χ0) is 15.4. The second-order valence-electron chi connectivity index (χ2n) is 6.76. The molecule has 1 aromatic rings. The molecule has 3 rings (SSSR count). The number of rotatable bonds is 5. The van der Waals surface area contributed by atoms with E-state index in [2.05, 4.69) is 36.1 Å². The average Bonchev–Trinajstić information content (AvgIpc) is 2.54. The van der Waals surface area contributed by atoms with Gasteiger partial charge in [0.05, 0.1) is 6.04 Å². The summed E-state index contributed by atoms with van der Waals surface area (Å²) in [6.07, 6.45) is 5.63. The van der Waals surface area contributed by atoms with Crippen molar-refractivity contribution in [3.63, 3.8) is 0 Å². The molecule has 1 aromatic carbocycles. The highest BCUT2D eigenvalue weighted by Gasteiger charge is 2.32. The van der Waals surface area contributed by atoms with Crippen molar-refractivity contribution in [1.82, 2.24) is 4.90 Å². The van der Waals surface area contributed by atoms with Gasteiger partial charge in [0.1, 0.15) is 0 Å². The zero-order valence-corrected chi connectivity index (χ0v) is 13.5. The molecular formula is C19H27NO2. The van der Waals surface area contributed by atoms with Crippen molar-refractivity contribution in [2.45, 2.75) is 45.1 Å². The first kappa shape index (κ1) is 15.5. The molecule has 3 nitrogen and oxygen atoms in total. The molecule has 1 atom stereocenters. The Kier molecular flexibility index (Phi) is 5.14. The van der Waals surface area contributed by atoms with E-state index < -0.39 is 0 Å². The van der Waals surface area contributed by atoms with Gasteiger partial charge in [-0.3, -0.25) is 4.79 Å². The summed E-state index contributed by atoms with van der Waals surface area (Å²) >= 11 is 0. The third-order valence-electron chi connectivity index (χ3n) is 5.28. The van der Waals surface area contributed by atoms with E-state index in [-0.39, 0.29) is 12.0 Å². The molecule has 2 fully saturated rings. The van der Waals surface area contributed by atoms with Gasteiger partial charge in [-0.1, -0.05) is 36.8 Å². The molecule has 1 aliphatic heterocycles. The molecule has 120 valence electrons. The van der Waals surface area contributed by atoms with Crippen molar-refractivity contribution < 1.29 is 9.53 Å². The first-order valence-electron chi connectivity index (χ1n) is 8.69. The second-order valence-corrected chi connectivity index (χ2v) is 6.76. The van der Waals surface area contributed by atoms with E-state index in [1.54, 1.807) is 0 Å². The van der Waals surface area contributed by atoms with Crippen LogP contribution in [0.5, 0.6) is 0 Å². The molecule has 0 bridgehead atoms. The first-order valence-corrected chi connectivity index (χ1v) is 8.69. The first-order chi connectivity index (χ1) is 10.8. The fourth-order valence-corrected chi connectivity index (χ4v) is 3.48. The molecular weight excluding hydrogens is 274 g/mol. The highest BCUT2D eigenvalue weighted by molar-refractivity contribution is 5.79. The minimum Gasteiger partial charge on any atom is -0.381 e.